The molecule has 1 amide bonds. The molecule has 0 spiro atoms. The number of carbonyl (C=O) groups is 1. The van der Waals surface area contributed by atoms with Gasteiger partial charge in [0.05, 0.1) is 23.5 Å². The number of carbonyl (C=O) groups excluding carboxylic acids is 1. The molecule has 1 N–H and O–H groups in total. The van der Waals surface area contributed by atoms with Crippen LogP contribution in [0, 0.1) is 17.3 Å². The van der Waals surface area contributed by atoms with Gasteiger partial charge in [0.15, 0.2) is 5.82 Å². The van der Waals surface area contributed by atoms with Gasteiger partial charge in [-0.15, -0.1) is 0 Å². The van der Waals surface area contributed by atoms with Crippen molar-refractivity contribution in [3.05, 3.63) is 42.7 Å². The third kappa shape index (κ3) is 2.77. The number of nitrogens with zero attached hydrogens (tertiary/aromatic N) is 2. The Kier molecular flexibility index (Phi) is 3.71. The van der Waals surface area contributed by atoms with Crippen molar-refractivity contribution in [2.45, 2.75) is 42.8 Å². The average Bonchev–Trinajstić information content (AvgIpc) is 2.61. The molecule has 1 aromatic carbocycles. The van der Waals surface area contributed by atoms with Crippen LogP contribution < -0.4 is 5.32 Å². The minimum atomic E-state index is -0.217. The molecule has 4 saturated carbocycles. The molecular formula is C21H22BrN3O. The summed E-state index contributed by atoms with van der Waals surface area (Å²) >= 11 is 3.98. The first-order chi connectivity index (χ1) is 12.5. The van der Waals surface area contributed by atoms with E-state index in [0.717, 1.165) is 24.8 Å². The first-order valence-electron chi connectivity index (χ1n) is 9.42. The van der Waals surface area contributed by atoms with Crippen LogP contribution in [0.1, 0.15) is 38.5 Å². The Balaban J connectivity index is 1.34. The lowest BCUT2D eigenvalue weighted by molar-refractivity contribution is -0.138. The highest BCUT2D eigenvalue weighted by Crippen LogP contribution is 2.64. The number of amides is 1. The molecule has 0 aliphatic heterocycles. The summed E-state index contributed by atoms with van der Waals surface area (Å²) in [7, 11) is 0. The second kappa shape index (κ2) is 5.88. The monoisotopic (exact) mass is 411 g/mol. The fourth-order valence-corrected chi connectivity index (χ4v) is 7.26. The van der Waals surface area contributed by atoms with Crippen molar-refractivity contribution in [3.8, 4) is 11.4 Å². The van der Waals surface area contributed by atoms with Crippen molar-refractivity contribution < 1.29 is 4.79 Å². The zero-order valence-corrected chi connectivity index (χ0v) is 16.2. The predicted molar refractivity (Wildman–Crippen MR) is 105 cm³/mol. The van der Waals surface area contributed by atoms with E-state index in [1.54, 1.807) is 12.4 Å². The highest BCUT2D eigenvalue weighted by atomic mass is 79.9. The lowest BCUT2D eigenvalue weighted by Crippen LogP contribution is -2.57. The minimum Gasteiger partial charge on any atom is -0.323 e. The molecule has 4 nitrogen and oxygen atoms in total. The molecule has 4 aliphatic rings. The molecule has 1 aromatic heterocycles. The van der Waals surface area contributed by atoms with Crippen molar-refractivity contribution in [3.63, 3.8) is 0 Å². The first kappa shape index (κ1) is 16.4. The molecule has 26 heavy (non-hydrogen) atoms. The SMILES string of the molecule is O=C(Nc1cnc(-c2ccccc2)nc1)C12CC3CC(CC(Br)(C3)C1)C2. The number of rotatable bonds is 3. The van der Waals surface area contributed by atoms with Gasteiger partial charge in [0, 0.05) is 9.89 Å². The predicted octanol–water partition coefficient (Wildman–Crippen LogP) is 4.82. The number of alkyl halides is 1. The maximum absolute atomic E-state index is 13.2. The summed E-state index contributed by atoms with van der Waals surface area (Å²) in [5, 5.41) is 3.11. The third-order valence-electron chi connectivity index (χ3n) is 6.41. The van der Waals surface area contributed by atoms with E-state index in [0.29, 0.717) is 23.3 Å². The fourth-order valence-electron chi connectivity index (χ4n) is 5.81. The van der Waals surface area contributed by atoms with E-state index in [2.05, 4.69) is 31.2 Å². The summed E-state index contributed by atoms with van der Waals surface area (Å²) in [6.07, 6.45) is 10.2. The van der Waals surface area contributed by atoms with Crippen LogP contribution in [0.25, 0.3) is 11.4 Å². The van der Waals surface area contributed by atoms with Gasteiger partial charge in [-0.2, -0.15) is 0 Å². The maximum Gasteiger partial charge on any atom is 0.230 e. The van der Waals surface area contributed by atoms with Gasteiger partial charge in [0.2, 0.25) is 5.91 Å². The Morgan fingerprint density at radius 1 is 1.04 bits per heavy atom. The number of hydrogen-bond donors (Lipinski definition) is 1. The van der Waals surface area contributed by atoms with Crippen LogP contribution in [-0.4, -0.2) is 20.2 Å². The van der Waals surface area contributed by atoms with E-state index in [9.17, 15) is 4.79 Å². The Hall–Kier alpha value is -1.75. The average molecular weight is 412 g/mol. The highest BCUT2D eigenvalue weighted by molar-refractivity contribution is 9.10. The van der Waals surface area contributed by atoms with E-state index in [-0.39, 0.29) is 15.6 Å². The number of halogens is 1. The normalized spacial score (nSPS) is 34.7. The quantitative estimate of drug-likeness (QED) is 0.736. The molecule has 6 rings (SSSR count). The van der Waals surface area contributed by atoms with Crippen molar-refractivity contribution in [2.24, 2.45) is 17.3 Å². The summed E-state index contributed by atoms with van der Waals surface area (Å²) in [4.78, 5) is 22.0. The van der Waals surface area contributed by atoms with Gasteiger partial charge < -0.3 is 5.32 Å². The molecule has 1 heterocycles. The topological polar surface area (TPSA) is 54.9 Å². The second-order valence-electron chi connectivity index (χ2n) is 8.51. The molecule has 0 radical (unpaired) electrons. The molecule has 2 unspecified atom stereocenters. The van der Waals surface area contributed by atoms with Crippen LogP contribution in [0.15, 0.2) is 42.7 Å². The van der Waals surface area contributed by atoms with Crippen LogP contribution in [0.4, 0.5) is 5.69 Å². The summed E-state index contributed by atoms with van der Waals surface area (Å²) in [5.74, 6) is 2.22. The largest absolute Gasteiger partial charge is 0.323 e. The summed E-state index contributed by atoms with van der Waals surface area (Å²) in [6, 6.07) is 9.88. The minimum absolute atomic E-state index is 0.159. The van der Waals surface area contributed by atoms with Crippen LogP contribution >= 0.6 is 15.9 Å². The zero-order valence-electron chi connectivity index (χ0n) is 14.6. The Labute approximate surface area is 162 Å². The van der Waals surface area contributed by atoms with E-state index >= 15 is 0 Å². The van der Waals surface area contributed by atoms with Gasteiger partial charge in [0.25, 0.3) is 0 Å². The second-order valence-corrected chi connectivity index (χ2v) is 10.2. The fraction of sp³-hybridized carbons (Fsp3) is 0.476. The number of nitrogens with one attached hydrogen (secondary N) is 1. The van der Waals surface area contributed by atoms with Crippen molar-refractivity contribution >= 4 is 27.5 Å². The van der Waals surface area contributed by atoms with Crippen LogP contribution in [0.5, 0.6) is 0 Å². The van der Waals surface area contributed by atoms with E-state index in [1.165, 1.54) is 19.3 Å². The van der Waals surface area contributed by atoms with Gasteiger partial charge in [-0.05, 0) is 50.4 Å². The van der Waals surface area contributed by atoms with E-state index < -0.39 is 0 Å². The number of aromatic nitrogens is 2. The smallest absolute Gasteiger partial charge is 0.230 e. The lowest BCUT2D eigenvalue weighted by Gasteiger charge is -2.59. The molecule has 2 aromatic rings. The molecule has 5 heteroatoms. The first-order valence-corrected chi connectivity index (χ1v) is 10.2. The molecule has 134 valence electrons. The number of benzene rings is 1. The molecule has 2 atom stereocenters. The van der Waals surface area contributed by atoms with Crippen molar-refractivity contribution in [1.29, 1.82) is 0 Å². The van der Waals surface area contributed by atoms with Gasteiger partial charge in [-0.25, -0.2) is 9.97 Å². The van der Waals surface area contributed by atoms with Crippen LogP contribution in [-0.2, 0) is 4.79 Å². The summed E-state index contributed by atoms with van der Waals surface area (Å²) < 4.78 is 0.183. The highest BCUT2D eigenvalue weighted by Gasteiger charge is 2.59. The van der Waals surface area contributed by atoms with Crippen molar-refractivity contribution in [1.82, 2.24) is 9.97 Å². The molecule has 4 bridgehead atoms. The van der Waals surface area contributed by atoms with Crippen LogP contribution in [0.3, 0.4) is 0 Å². The Morgan fingerprint density at radius 3 is 2.31 bits per heavy atom. The van der Waals surface area contributed by atoms with Gasteiger partial charge in [-0.1, -0.05) is 46.3 Å². The third-order valence-corrected chi connectivity index (χ3v) is 7.34. The molecule has 4 fully saturated rings. The zero-order chi connectivity index (χ0) is 17.8. The summed E-state index contributed by atoms with van der Waals surface area (Å²) in [5.41, 5.74) is 1.45. The van der Waals surface area contributed by atoms with E-state index in [4.69, 9.17) is 0 Å². The van der Waals surface area contributed by atoms with Crippen molar-refractivity contribution in [2.75, 3.05) is 5.32 Å². The molecular weight excluding hydrogens is 390 g/mol. The Morgan fingerprint density at radius 2 is 1.69 bits per heavy atom. The van der Waals surface area contributed by atoms with Gasteiger partial charge in [0.1, 0.15) is 0 Å². The summed E-state index contributed by atoms with van der Waals surface area (Å²) in [6.45, 7) is 0. The number of hydrogen-bond acceptors (Lipinski definition) is 3. The van der Waals surface area contributed by atoms with Crippen LogP contribution in [0.2, 0.25) is 0 Å². The molecule has 0 saturated heterocycles. The van der Waals surface area contributed by atoms with E-state index in [1.807, 2.05) is 30.3 Å². The number of anilines is 1. The Bertz CT molecular complexity index is 822. The van der Waals surface area contributed by atoms with Gasteiger partial charge >= 0.3 is 0 Å². The standard InChI is InChI=1S/C21H22BrN3O/c22-21-9-14-6-15(10-21)8-20(7-14,13-21)19(26)25-17-11-23-18(24-12-17)16-4-2-1-3-5-16/h1-5,11-12,14-15H,6-10,13H2,(H,25,26). The molecule has 4 aliphatic carbocycles. The lowest BCUT2D eigenvalue weighted by atomic mass is 9.49. The maximum atomic E-state index is 13.2. The van der Waals surface area contributed by atoms with Gasteiger partial charge in [-0.3, -0.25) is 4.79 Å².